The Kier molecular flexibility index (Phi) is 12.2. The molecule has 5 rings (SSSR count). The van der Waals surface area contributed by atoms with Gasteiger partial charge >= 0.3 is 0 Å². The van der Waals surface area contributed by atoms with Gasteiger partial charge in [-0.3, -0.25) is 0 Å². The molecule has 4 aromatic rings. The largest absolute Gasteiger partial charge is 0.493 e. The van der Waals surface area contributed by atoms with Crippen LogP contribution in [-0.4, -0.2) is 83.1 Å². The molecule has 1 unspecified atom stereocenters. The van der Waals surface area contributed by atoms with Gasteiger partial charge in [-0.15, -0.1) is 11.3 Å². The fourth-order valence-electron chi connectivity index (χ4n) is 4.90. The summed E-state index contributed by atoms with van der Waals surface area (Å²) >= 11 is 1.78. The summed E-state index contributed by atoms with van der Waals surface area (Å²) in [5.74, 6) is 2.65. The molecule has 0 radical (unpaired) electrons. The summed E-state index contributed by atoms with van der Waals surface area (Å²) in [7, 11) is 1.63. The first-order chi connectivity index (χ1) is 21.6. The zero-order valence-corrected chi connectivity index (χ0v) is 26.5. The van der Waals surface area contributed by atoms with E-state index in [1.807, 2.05) is 19.1 Å². The highest BCUT2D eigenvalue weighted by atomic mass is 32.1. The van der Waals surface area contributed by atoms with E-state index in [0.29, 0.717) is 76.8 Å². The molecule has 10 nitrogen and oxygen atoms in total. The molecule has 1 aliphatic heterocycles. The van der Waals surface area contributed by atoms with Gasteiger partial charge < -0.3 is 39.1 Å². The predicted octanol–water partition coefficient (Wildman–Crippen LogP) is 5.40. The number of aryl methyl sites for hydroxylation is 1. The Morgan fingerprint density at radius 3 is 2.30 bits per heavy atom. The van der Waals surface area contributed by atoms with Crippen molar-refractivity contribution in [3.05, 3.63) is 64.8 Å². The first-order valence-electron chi connectivity index (χ1n) is 15.1. The minimum atomic E-state index is 0.0200. The number of methoxy groups -OCH3 is 1. The minimum Gasteiger partial charge on any atom is -0.493 e. The van der Waals surface area contributed by atoms with E-state index in [4.69, 9.17) is 33.4 Å². The fourth-order valence-corrected chi connectivity index (χ4v) is 5.97. The molecule has 0 aliphatic carbocycles. The maximum atomic E-state index is 6.07. The average molecular weight is 623 g/mol. The van der Waals surface area contributed by atoms with E-state index in [2.05, 4.69) is 58.9 Å². The van der Waals surface area contributed by atoms with Crippen molar-refractivity contribution >= 4 is 28.1 Å². The highest BCUT2D eigenvalue weighted by Crippen LogP contribution is 2.37. The second-order valence-corrected chi connectivity index (χ2v) is 11.5. The maximum absolute atomic E-state index is 6.07. The summed E-state index contributed by atoms with van der Waals surface area (Å²) in [4.78, 5) is 11.9. The zero-order valence-electron chi connectivity index (χ0n) is 25.7. The number of anilines is 1. The van der Waals surface area contributed by atoms with Gasteiger partial charge in [-0.25, -0.2) is 9.97 Å². The summed E-state index contributed by atoms with van der Waals surface area (Å²) in [6.07, 6.45) is 0. The van der Waals surface area contributed by atoms with E-state index in [0.717, 1.165) is 29.8 Å². The van der Waals surface area contributed by atoms with Crippen molar-refractivity contribution in [3.63, 3.8) is 0 Å². The third-order valence-electron chi connectivity index (χ3n) is 7.12. The third kappa shape index (κ3) is 8.87. The van der Waals surface area contributed by atoms with Crippen LogP contribution in [0.1, 0.15) is 29.2 Å². The van der Waals surface area contributed by atoms with Crippen molar-refractivity contribution in [1.82, 2.24) is 15.3 Å². The molecule has 2 N–H and O–H groups in total. The van der Waals surface area contributed by atoms with Crippen LogP contribution in [0.15, 0.2) is 48.5 Å². The number of ether oxygens (including phenoxy) is 6. The molecule has 0 fully saturated rings. The lowest BCUT2D eigenvalue weighted by Gasteiger charge is -2.17. The van der Waals surface area contributed by atoms with Gasteiger partial charge in [0.1, 0.15) is 18.2 Å². The molecular formula is C33H42N4O6S. The van der Waals surface area contributed by atoms with Crippen LogP contribution in [0.5, 0.6) is 11.5 Å². The van der Waals surface area contributed by atoms with E-state index in [1.54, 1.807) is 18.4 Å². The van der Waals surface area contributed by atoms with E-state index >= 15 is 0 Å². The molecule has 3 heterocycles. The number of rotatable bonds is 1. The van der Waals surface area contributed by atoms with Gasteiger partial charge in [0, 0.05) is 34.3 Å². The lowest BCUT2D eigenvalue weighted by molar-refractivity contribution is -0.00433. The van der Waals surface area contributed by atoms with Gasteiger partial charge in [-0.2, -0.15) is 0 Å². The summed E-state index contributed by atoms with van der Waals surface area (Å²) in [5, 5.41) is 8.01. The molecule has 0 saturated heterocycles. The normalized spacial score (nSPS) is 18.4. The first kappa shape index (κ1) is 32.1. The van der Waals surface area contributed by atoms with Crippen LogP contribution in [0.25, 0.3) is 21.3 Å². The van der Waals surface area contributed by atoms with Crippen LogP contribution in [-0.2, 0) is 25.5 Å². The van der Waals surface area contributed by atoms with E-state index < -0.39 is 0 Å². The lowest BCUT2D eigenvalue weighted by Crippen LogP contribution is -2.20. The summed E-state index contributed by atoms with van der Waals surface area (Å²) in [6.45, 7) is 10.1. The van der Waals surface area contributed by atoms with Crippen LogP contribution in [0.3, 0.4) is 0 Å². The summed E-state index contributed by atoms with van der Waals surface area (Å²) in [6, 6.07) is 16.8. The standard InChI is InChI=1S/C33H42N4O6S/c1-23-31-8-9-32(44-31)26-7-5-4-6-25(26)22-34-10-11-39-12-13-40-14-15-41-16-17-42-18-19-43-30-20-27-28(21-29(30)38-3)36-24(2)37-33(27)35-23/h4-9,20-21,23,34H,10-19,22H2,1-3H3,(H,35,36,37). The van der Waals surface area contributed by atoms with Gasteiger partial charge in [-0.05, 0) is 43.2 Å². The number of hydrogen-bond acceptors (Lipinski definition) is 11. The molecule has 1 aliphatic rings. The van der Waals surface area contributed by atoms with E-state index in [9.17, 15) is 0 Å². The lowest BCUT2D eigenvalue weighted by atomic mass is 10.1. The topological polar surface area (TPSA) is 105 Å². The van der Waals surface area contributed by atoms with Crippen molar-refractivity contribution in [2.75, 3.05) is 78.4 Å². The predicted molar refractivity (Wildman–Crippen MR) is 173 cm³/mol. The Morgan fingerprint density at radius 1 is 0.841 bits per heavy atom. The Bertz CT molecular complexity index is 1480. The maximum Gasteiger partial charge on any atom is 0.162 e. The molecule has 0 amide bonds. The molecule has 44 heavy (non-hydrogen) atoms. The molecule has 0 spiro atoms. The van der Waals surface area contributed by atoms with Gasteiger partial charge in [0.2, 0.25) is 0 Å². The molecular weight excluding hydrogens is 580 g/mol. The highest BCUT2D eigenvalue weighted by molar-refractivity contribution is 7.15. The zero-order chi connectivity index (χ0) is 30.6. The highest BCUT2D eigenvalue weighted by Gasteiger charge is 2.17. The molecule has 2 aromatic heterocycles. The van der Waals surface area contributed by atoms with Crippen molar-refractivity contribution in [1.29, 1.82) is 0 Å². The Balaban J connectivity index is 1.36. The monoisotopic (exact) mass is 622 g/mol. The van der Waals surface area contributed by atoms with Crippen molar-refractivity contribution in [2.24, 2.45) is 0 Å². The SMILES string of the molecule is COc1cc2nc(C)nc3c2cc1OCCOCCOCCOCCOCCNCc1ccccc1-c1ccc(s1)C(C)N3. The third-order valence-corrected chi connectivity index (χ3v) is 8.42. The summed E-state index contributed by atoms with van der Waals surface area (Å²) < 4.78 is 34.3. The van der Waals surface area contributed by atoms with Crippen molar-refractivity contribution < 1.29 is 28.4 Å². The van der Waals surface area contributed by atoms with Gasteiger partial charge in [0.25, 0.3) is 0 Å². The Hall–Kier alpha value is -3.32. The molecule has 4 bridgehead atoms. The molecule has 236 valence electrons. The van der Waals surface area contributed by atoms with Crippen molar-refractivity contribution in [2.45, 2.75) is 26.4 Å². The number of thiophene rings is 1. The van der Waals surface area contributed by atoms with Crippen molar-refractivity contribution in [3.8, 4) is 21.9 Å². The number of benzene rings is 2. The fraction of sp³-hybridized carbons (Fsp3) is 0.455. The van der Waals surface area contributed by atoms with Crippen LogP contribution in [0.4, 0.5) is 5.82 Å². The number of nitrogens with one attached hydrogen (secondary N) is 2. The quantitative estimate of drug-likeness (QED) is 0.287. The van der Waals surface area contributed by atoms with Gasteiger partial charge in [0.05, 0.1) is 71.5 Å². The Morgan fingerprint density at radius 2 is 1.55 bits per heavy atom. The number of nitrogens with zero attached hydrogens (tertiary/aromatic N) is 2. The molecule has 1 atom stereocenters. The molecule has 2 aromatic carbocycles. The Labute approximate surface area is 263 Å². The first-order valence-corrected chi connectivity index (χ1v) is 15.9. The minimum absolute atomic E-state index is 0.0200. The molecule has 11 heteroatoms. The van der Waals surface area contributed by atoms with Crippen LogP contribution < -0.4 is 20.1 Å². The summed E-state index contributed by atoms with van der Waals surface area (Å²) in [5.41, 5.74) is 3.27. The van der Waals surface area contributed by atoms with Crippen LogP contribution in [0.2, 0.25) is 0 Å². The number of fused-ring (bicyclic) bond motifs is 5. The number of hydrogen-bond donors (Lipinski definition) is 2. The van der Waals surface area contributed by atoms with E-state index in [-0.39, 0.29) is 6.04 Å². The van der Waals surface area contributed by atoms with Crippen LogP contribution >= 0.6 is 11.3 Å². The van der Waals surface area contributed by atoms with Gasteiger partial charge in [0.15, 0.2) is 11.5 Å². The smallest absolute Gasteiger partial charge is 0.162 e. The second kappa shape index (κ2) is 16.7. The van der Waals surface area contributed by atoms with Crippen LogP contribution in [0, 0.1) is 6.92 Å². The molecule has 0 saturated carbocycles. The van der Waals surface area contributed by atoms with E-state index in [1.165, 1.54) is 20.9 Å². The number of aromatic nitrogens is 2. The van der Waals surface area contributed by atoms with Gasteiger partial charge in [-0.1, -0.05) is 24.3 Å². The second-order valence-electron chi connectivity index (χ2n) is 10.3. The average Bonchev–Trinajstić information content (AvgIpc) is 3.52.